The van der Waals surface area contributed by atoms with Crippen molar-refractivity contribution in [2.75, 3.05) is 13.6 Å². The number of rotatable bonds is 7. The minimum atomic E-state index is 0.622. The third-order valence-electron chi connectivity index (χ3n) is 3.16. The van der Waals surface area contributed by atoms with E-state index in [0.717, 1.165) is 0 Å². The molecule has 1 aliphatic rings. The van der Waals surface area contributed by atoms with Gasteiger partial charge in [-0.05, 0) is 12.8 Å². The molecule has 0 aliphatic carbocycles. The Bertz CT molecular complexity index is 189. The molecule has 0 saturated carbocycles. The van der Waals surface area contributed by atoms with E-state index in [4.69, 9.17) is 0 Å². The second-order valence-electron chi connectivity index (χ2n) is 4.53. The van der Waals surface area contributed by atoms with Gasteiger partial charge in [-0.25, -0.2) is 0 Å². The predicted molar refractivity (Wildman–Crippen MR) is 66.4 cm³/mol. The van der Waals surface area contributed by atoms with Gasteiger partial charge in [0.1, 0.15) is 6.17 Å². The maximum absolute atomic E-state index is 2.50. The molecule has 0 amide bonds. The molecule has 0 fully saturated rings. The van der Waals surface area contributed by atoms with Crippen molar-refractivity contribution < 1.29 is 0 Å². The first-order valence-electron chi connectivity index (χ1n) is 6.45. The van der Waals surface area contributed by atoms with E-state index >= 15 is 0 Å². The largest absolute Gasteiger partial charge is 0.359 e. The van der Waals surface area contributed by atoms with E-state index in [9.17, 15) is 0 Å². The van der Waals surface area contributed by atoms with Crippen molar-refractivity contribution >= 4 is 0 Å². The molecule has 0 radical (unpaired) electrons. The molecule has 0 saturated heterocycles. The van der Waals surface area contributed by atoms with Crippen LogP contribution in [0.2, 0.25) is 0 Å². The van der Waals surface area contributed by atoms with Crippen molar-refractivity contribution in [1.29, 1.82) is 0 Å². The molecule has 2 heteroatoms. The van der Waals surface area contributed by atoms with Gasteiger partial charge in [0.25, 0.3) is 0 Å². The first-order chi connectivity index (χ1) is 7.29. The van der Waals surface area contributed by atoms with Gasteiger partial charge in [0.2, 0.25) is 0 Å². The van der Waals surface area contributed by atoms with Crippen molar-refractivity contribution in [1.82, 2.24) is 9.80 Å². The minimum Gasteiger partial charge on any atom is -0.359 e. The van der Waals surface area contributed by atoms with Crippen molar-refractivity contribution in [3.63, 3.8) is 0 Å². The Morgan fingerprint density at radius 3 is 2.47 bits per heavy atom. The highest BCUT2D eigenvalue weighted by Gasteiger charge is 2.21. The zero-order valence-corrected chi connectivity index (χ0v) is 10.6. The topological polar surface area (TPSA) is 6.48 Å². The van der Waals surface area contributed by atoms with Gasteiger partial charge in [-0.3, -0.25) is 0 Å². The lowest BCUT2D eigenvalue weighted by Gasteiger charge is -2.30. The summed E-state index contributed by atoms with van der Waals surface area (Å²) in [7, 11) is 2.18. The third-order valence-corrected chi connectivity index (χ3v) is 3.16. The Balaban J connectivity index is 2.24. The Hall–Kier alpha value is -0.660. The van der Waals surface area contributed by atoms with Crippen LogP contribution in [-0.4, -0.2) is 29.6 Å². The first-order valence-corrected chi connectivity index (χ1v) is 6.45. The van der Waals surface area contributed by atoms with Crippen molar-refractivity contribution in [3.8, 4) is 0 Å². The van der Waals surface area contributed by atoms with Crippen LogP contribution in [0.5, 0.6) is 0 Å². The van der Waals surface area contributed by atoms with E-state index in [0.29, 0.717) is 6.17 Å². The van der Waals surface area contributed by atoms with Gasteiger partial charge in [0.05, 0.1) is 0 Å². The average Bonchev–Trinajstić information content (AvgIpc) is 2.57. The Labute approximate surface area is 94.9 Å². The van der Waals surface area contributed by atoms with E-state index in [1.165, 1.54) is 45.1 Å². The van der Waals surface area contributed by atoms with Crippen LogP contribution in [-0.2, 0) is 0 Å². The first kappa shape index (κ1) is 12.4. The fourth-order valence-corrected chi connectivity index (χ4v) is 2.20. The van der Waals surface area contributed by atoms with Gasteiger partial charge in [0, 0.05) is 26.0 Å². The highest BCUT2D eigenvalue weighted by atomic mass is 15.4. The highest BCUT2D eigenvalue weighted by Crippen LogP contribution is 2.19. The highest BCUT2D eigenvalue weighted by molar-refractivity contribution is 4.95. The maximum atomic E-state index is 2.50. The van der Waals surface area contributed by atoms with Crippen LogP contribution < -0.4 is 0 Å². The van der Waals surface area contributed by atoms with E-state index in [-0.39, 0.29) is 0 Å². The van der Waals surface area contributed by atoms with Crippen molar-refractivity contribution in [2.24, 2.45) is 0 Å². The molecular weight excluding hydrogens is 184 g/mol. The van der Waals surface area contributed by atoms with Crippen LogP contribution in [0.1, 0.15) is 52.4 Å². The Kier molecular flexibility index (Phi) is 5.59. The van der Waals surface area contributed by atoms with Gasteiger partial charge in [-0.15, -0.1) is 0 Å². The summed E-state index contributed by atoms with van der Waals surface area (Å²) in [6.07, 6.45) is 13.1. The molecule has 0 spiro atoms. The molecule has 2 nitrogen and oxygen atoms in total. The second kappa shape index (κ2) is 6.76. The van der Waals surface area contributed by atoms with Crippen LogP contribution in [0.4, 0.5) is 0 Å². The molecule has 1 atom stereocenters. The van der Waals surface area contributed by atoms with E-state index < -0.39 is 0 Å². The van der Waals surface area contributed by atoms with E-state index in [1.54, 1.807) is 0 Å². The molecule has 15 heavy (non-hydrogen) atoms. The molecule has 0 aromatic rings. The fraction of sp³-hybridized carbons (Fsp3) is 0.846. The molecule has 1 unspecified atom stereocenters. The number of nitrogens with zero attached hydrogens (tertiary/aromatic N) is 2. The van der Waals surface area contributed by atoms with Gasteiger partial charge >= 0.3 is 0 Å². The molecule has 1 heterocycles. The molecule has 0 aromatic heterocycles. The average molecular weight is 210 g/mol. The SMILES string of the molecule is CCCCCCN1C=CN(C)C1CCC. The molecule has 0 bridgehead atoms. The Morgan fingerprint density at radius 2 is 1.80 bits per heavy atom. The molecule has 88 valence electrons. The van der Waals surface area contributed by atoms with Crippen LogP contribution in [0.3, 0.4) is 0 Å². The third kappa shape index (κ3) is 3.77. The summed E-state index contributed by atoms with van der Waals surface area (Å²) in [6.45, 7) is 5.76. The number of hydrogen-bond donors (Lipinski definition) is 0. The predicted octanol–water partition coefficient (Wildman–Crippen LogP) is 3.41. The van der Waals surface area contributed by atoms with Crippen LogP contribution in [0, 0.1) is 0 Å². The fourth-order valence-electron chi connectivity index (χ4n) is 2.20. The van der Waals surface area contributed by atoms with Crippen LogP contribution >= 0.6 is 0 Å². The van der Waals surface area contributed by atoms with E-state index in [2.05, 4.69) is 43.1 Å². The van der Waals surface area contributed by atoms with Crippen molar-refractivity contribution in [3.05, 3.63) is 12.4 Å². The lowest BCUT2D eigenvalue weighted by molar-refractivity contribution is 0.162. The second-order valence-corrected chi connectivity index (χ2v) is 4.53. The maximum Gasteiger partial charge on any atom is 0.100 e. The molecular formula is C13H26N2. The van der Waals surface area contributed by atoms with Crippen molar-refractivity contribution in [2.45, 2.75) is 58.5 Å². The van der Waals surface area contributed by atoms with Crippen LogP contribution in [0.25, 0.3) is 0 Å². The zero-order chi connectivity index (χ0) is 11.1. The number of unbranched alkanes of at least 4 members (excludes halogenated alkanes) is 3. The molecule has 0 N–H and O–H groups in total. The summed E-state index contributed by atoms with van der Waals surface area (Å²) in [5, 5.41) is 0. The van der Waals surface area contributed by atoms with Gasteiger partial charge < -0.3 is 9.80 Å². The Morgan fingerprint density at radius 1 is 1.00 bits per heavy atom. The summed E-state index contributed by atoms with van der Waals surface area (Å²) in [5.41, 5.74) is 0. The summed E-state index contributed by atoms with van der Waals surface area (Å²) in [4.78, 5) is 4.84. The van der Waals surface area contributed by atoms with E-state index in [1.807, 2.05) is 0 Å². The molecule has 0 aromatic carbocycles. The van der Waals surface area contributed by atoms with Crippen LogP contribution in [0.15, 0.2) is 12.4 Å². The lowest BCUT2D eigenvalue weighted by atomic mass is 10.2. The van der Waals surface area contributed by atoms with Gasteiger partial charge in [-0.2, -0.15) is 0 Å². The zero-order valence-electron chi connectivity index (χ0n) is 10.6. The van der Waals surface area contributed by atoms with Gasteiger partial charge in [-0.1, -0.05) is 39.5 Å². The van der Waals surface area contributed by atoms with Gasteiger partial charge in [0.15, 0.2) is 0 Å². The molecule has 1 rings (SSSR count). The standard InChI is InChI=1S/C13H26N2/c1-4-6-7-8-10-15-12-11-14(3)13(15)9-5-2/h11-13H,4-10H2,1-3H3. The monoisotopic (exact) mass is 210 g/mol. The summed E-state index contributed by atoms with van der Waals surface area (Å²) >= 11 is 0. The smallest absolute Gasteiger partial charge is 0.100 e. The summed E-state index contributed by atoms with van der Waals surface area (Å²) in [6, 6.07) is 0. The molecule has 1 aliphatic heterocycles. The number of hydrogen-bond acceptors (Lipinski definition) is 2. The minimum absolute atomic E-state index is 0.622. The summed E-state index contributed by atoms with van der Waals surface area (Å²) in [5.74, 6) is 0. The normalized spacial score (nSPS) is 20.3. The lowest BCUT2D eigenvalue weighted by Crippen LogP contribution is -2.36. The summed E-state index contributed by atoms with van der Waals surface area (Å²) < 4.78 is 0. The quantitative estimate of drug-likeness (QED) is 0.594.